The second-order valence-electron chi connectivity index (χ2n) is 28.3. The molecule has 0 saturated heterocycles. The minimum absolute atomic E-state index is 0.0121. The van der Waals surface area contributed by atoms with Gasteiger partial charge in [0.05, 0.1) is 0 Å². The Balaban J connectivity index is 1.14. The van der Waals surface area contributed by atoms with Gasteiger partial charge in [-0.15, -0.1) is 11.3 Å². The minimum Gasteiger partial charge on any atom is -0.311 e. The molecule has 0 N–H and O–H groups in total. The van der Waals surface area contributed by atoms with E-state index in [9.17, 15) is 4.11 Å². The number of benzene rings is 8. The number of nitrogens with zero attached hydrogens (tertiary/aromatic N) is 3. The van der Waals surface area contributed by atoms with E-state index in [0.29, 0.717) is 5.56 Å². The zero-order chi connectivity index (χ0) is 57.5. The van der Waals surface area contributed by atoms with E-state index in [4.69, 9.17) is 0 Å². The number of hydrogen-bond donors (Lipinski definition) is 0. The Morgan fingerprint density at radius 1 is 0.487 bits per heavy atom. The maximum atomic E-state index is 9.38. The van der Waals surface area contributed by atoms with Crippen molar-refractivity contribution in [3.63, 3.8) is 0 Å². The Kier molecular flexibility index (Phi) is 10.3. The third-order valence-corrected chi connectivity index (χ3v) is 20.0. The van der Waals surface area contributed by atoms with Crippen molar-refractivity contribution in [2.75, 3.05) is 14.7 Å². The standard InChI is InChI=1S/C73H78BN3S/c1-44-35-63-67-64(36-44)77(60-41-56-54(37-45(60)2)70(9,10)33-34-71(56,11)12)62-42-57-55(72(13,14)43-73(57,15)16)40-59(62)74(67)58-31-29-51(39-61(58)76(63)50-30-32-66-53(38-50)52-19-17-18-20-65(52)78-66)75(48-25-21-46(22-26-48)68(3,4)5)49-27-23-47(24-28-49)69(6,7)8/h17-32,35-42H,33-34,43H2,1-16H3/i1D3. The number of aryl methyl sites for hydroxylation is 2. The Morgan fingerprint density at radius 3 is 1.63 bits per heavy atom. The largest absolute Gasteiger partial charge is 0.311 e. The zero-order valence-electron chi connectivity index (χ0n) is 51.8. The molecule has 8 aromatic carbocycles. The molecule has 0 atom stereocenters. The number of anilines is 9. The highest BCUT2D eigenvalue weighted by Gasteiger charge is 2.49. The van der Waals surface area contributed by atoms with Crippen molar-refractivity contribution in [1.29, 1.82) is 0 Å². The molecule has 3 heterocycles. The molecule has 0 amide bonds. The molecule has 0 saturated carbocycles. The molecule has 13 rings (SSSR count). The molecule has 0 unspecified atom stereocenters. The Labute approximate surface area is 474 Å². The van der Waals surface area contributed by atoms with Gasteiger partial charge in [-0.1, -0.05) is 158 Å². The third-order valence-electron chi connectivity index (χ3n) is 18.8. The molecule has 0 fully saturated rings. The lowest BCUT2D eigenvalue weighted by Crippen LogP contribution is -2.61. The SMILES string of the molecule is [2H]C([2H])([2H])c1cc2c3c(c1)N(c1cc4c(cc1C)C(C)(C)CCC4(C)C)c1cc4c(cc1B3c1ccc(N(c3ccc(C(C)(C)C)cc3)c3ccc(C(C)(C)C)cc3)cc1N2c1ccc2sc3ccccc3c2c1)C(C)(C)CC4(C)C. The van der Waals surface area contributed by atoms with Gasteiger partial charge in [0.1, 0.15) is 0 Å². The van der Waals surface area contributed by atoms with Gasteiger partial charge in [-0.3, -0.25) is 0 Å². The summed E-state index contributed by atoms with van der Waals surface area (Å²) in [6, 6.07) is 55.1. The van der Waals surface area contributed by atoms with Crippen LogP contribution in [-0.2, 0) is 32.5 Å². The molecule has 3 nitrogen and oxygen atoms in total. The summed E-state index contributed by atoms with van der Waals surface area (Å²) in [6.07, 6.45) is 3.25. The summed E-state index contributed by atoms with van der Waals surface area (Å²) in [6.45, 7) is 32.6. The van der Waals surface area contributed by atoms with Crippen molar-refractivity contribution < 1.29 is 4.11 Å². The molecule has 0 radical (unpaired) electrons. The Hall–Kier alpha value is -6.56. The number of hydrogen-bond acceptors (Lipinski definition) is 4. The van der Waals surface area contributed by atoms with Crippen molar-refractivity contribution in [1.82, 2.24) is 0 Å². The monoisotopic (exact) mass is 1040 g/mol. The Bertz CT molecular complexity index is 4010. The van der Waals surface area contributed by atoms with Gasteiger partial charge in [-0.05, 0) is 211 Å². The average Bonchev–Trinajstić information content (AvgIpc) is 3.70. The van der Waals surface area contributed by atoms with Gasteiger partial charge in [-0.25, -0.2) is 0 Å². The van der Waals surface area contributed by atoms with Crippen LogP contribution in [0.2, 0.25) is 0 Å². The highest BCUT2D eigenvalue weighted by Crippen LogP contribution is 2.55. The average molecular weight is 1040 g/mol. The Morgan fingerprint density at radius 2 is 1.01 bits per heavy atom. The van der Waals surface area contributed by atoms with Gasteiger partial charge in [0.25, 0.3) is 6.71 Å². The second-order valence-corrected chi connectivity index (χ2v) is 29.4. The number of fused-ring (bicyclic) bond motifs is 9. The smallest absolute Gasteiger partial charge is 0.252 e. The molecular weight excluding hydrogens is 962 g/mol. The summed E-state index contributed by atoms with van der Waals surface area (Å²) in [5, 5.41) is 2.41. The first kappa shape index (κ1) is 47.4. The molecule has 0 spiro atoms. The first-order chi connectivity index (χ1) is 37.9. The first-order valence-electron chi connectivity index (χ1n) is 30.1. The summed E-state index contributed by atoms with van der Waals surface area (Å²) >= 11 is 1.82. The summed E-state index contributed by atoms with van der Waals surface area (Å²) in [7, 11) is 0. The van der Waals surface area contributed by atoms with Crippen LogP contribution >= 0.6 is 11.3 Å². The van der Waals surface area contributed by atoms with Gasteiger partial charge >= 0.3 is 0 Å². The molecule has 394 valence electrons. The second kappa shape index (κ2) is 17.0. The predicted molar refractivity (Wildman–Crippen MR) is 341 cm³/mol. The van der Waals surface area contributed by atoms with Crippen LogP contribution in [0.5, 0.6) is 0 Å². The lowest BCUT2D eigenvalue weighted by atomic mass is 9.33. The van der Waals surface area contributed by atoms with E-state index in [0.717, 1.165) is 75.9 Å². The fraction of sp³-hybridized carbons (Fsp3) is 0.342. The highest BCUT2D eigenvalue weighted by atomic mass is 32.1. The quantitative estimate of drug-likeness (QED) is 0.159. The maximum Gasteiger partial charge on any atom is 0.252 e. The molecule has 78 heavy (non-hydrogen) atoms. The lowest BCUT2D eigenvalue weighted by Gasteiger charge is -2.46. The summed E-state index contributed by atoms with van der Waals surface area (Å²) < 4.78 is 30.6. The van der Waals surface area contributed by atoms with E-state index in [2.05, 4.69) is 252 Å². The van der Waals surface area contributed by atoms with E-state index in [1.807, 2.05) is 23.5 Å². The van der Waals surface area contributed by atoms with E-state index in [-0.39, 0.29) is 39.2 Å². The highest BCUT2D eigenvalue weighted by molar-refractivity contribution is 7.25. The van der Waals surface area contributed by atoms with Gasteiger partial charge in [0.2, 0.25) is 0 Å². The third kappa shape index (κ3) is 7.86. The zero-order valence-corrected chi connectivity index (χ0v) is 49.6. The van der Waals surface area contributed by atoms with Crippen LogP contribution in [0.25, 0.3) is 20.2 Å². The van der Waals surface area contributed by atoms with Crippen LogP contribution in [0.1, 0.15) is 165 Å². The molecular formula is C73H78BN3S. The molecule has 5 heteroatoms. The lowest BCUT2D eigenvalue weighted by molar-refractivity contribution is 0.332. The molecule has 2 aliphatic carbocycles. The van der Waals surface area contributed by atoms with Crippen LogP contribution in [-0.4, -0.2) is 6.71 Å². The fourth-order valence-corrected chi connectivity index (χ4v) is 15.7. The fourth-order valence-electron chi connectivity index (χ4n) is 14.6. The van der Waals surface area contributed by atoms with Crippen molar-refractivity contribution in [3.05, 3.63) is 190 Å². The van der Waals surface area contributed by atoms with E-state index >= 15 is 0 Å². The van der Waals surface area contributed by atoms with Crippen LogP contribution < -0.4 is 31.1 Å². The van der Waals surface area contributed by atoms with Gasteiger partial charge in [-0.2, -0.15) is 0 Å². The topological polar surface area (TPSA) is 9.72 Å². The normalized spacial score (nSPS) is 18.1. The van der Waals surface area contributed by atoms with Crippen molar-refractivity contribution in [2.45, 2.75) is 162 Å². The van der Waals surface area contributed by atoms with Crippen LogP contribution in [0.15, 0.2) is 146 Å². The van der Waals surface area contributed by atoms with E-state index in [1.165, 1.54) is 70.0 Å². The van der Waals surface area contributed by atoms with Crippen molar-refractivity contribution in [3.8, 4) is 0 Å². The van der Waals surface area contributed by atoms with E-state index in [1.54, 1.807) is 0 Å². The van der Waals surface area contributed by atoms with Crippen LogP contribution in [0, 0.1) is 13.8 Å². The minimum atomic E-state index is -2.41. The molecule has 1 aromatic heterocycles. The van der Waals surface area contributed by atoms with Crippen LogP contribution in [0.3, 0.4) is 0 Å². The molecule has 9 aromatic rings. The van der Waals surface area contributed by atoms with Crippen molar-refractivity contribution in [2.24, 2.45) is 0 Å². The van der Waals surface area contributed by atoms with Crippen LogP contribution in [0.4, 0.5) is 51.2 Å². The summed E-state index contributed by atoms with van der Waals surface area (Å²) in [5.41, 5.74) is 22.3. The molecule has 2 aliphatic heterocycles. The van der Waals surface area contributed by atoms with Gasteiger partial charge in [0.15, 0.2) is 0 Å². The maximum absolute atomic E-state index is 9.38. The van der Waals surface area contributed by atoms with E-state index < -0.39 is 6.85 Å². The molecule has 4 aliphatic rings. The van der Waals surface area contributed by atoms with Gasteiger partial charge < -0.3 is 14.7 Å². The predicted octanol–water partition coefficient (Wildman–Crippen LogP) is 19.1. The first-order valence-corrected chi connectivity index (χ1v) is 29.4. The number of rotatable bonds is 5. The summed E-state index contributed by atoms with van der Waals surface area (Å²) in [5.74, 6) is 0. The summed E-state index contributed by atoms with van der Waals surface area (Å²) in [4.78, 5) is 7.34. The molecule has 0 bridgehead atoms. The number of thiophene rings is 1. The van der Waals surface area contributed by atoms with Crippen molar-refractivity contribution >= 4 is 106 Å². The van der Waals surface area contributed by atoms with Gasteiger partial charge in [0, 0.05) is 75.5 Å².